The Bertz CT molecular complexity index is 420. The van der Waals surface area contributed by atoms with Gasteiger partial charge in [-0.05, 0) is 26.5 Å². The van der Waals surface area contributed by atoms with E-state index in [4.69, 9.17) is 4.74 Å². The lowest BCUT2D eigenvalue weighted by molar-refractivity contribution is 0.358. The fourth-order valence-corrected chi connectivity index (χ4v) is 1.59. The summed E-state index contributed by atoms with van der Waals surface area (Å²) in [6.07, 6.45) is 0. The van der Waals surface area contributed by atoms with E-state index in [9.17, 15) is 4.39 Å². The van der Waals surface area contributed by atoms with Crippen molar-refractivity contribution >= 4 is 0 Å². The topological polar surface area (TPSA) is 21.3 Å². The van der Waals surface area contributed by atoms with Crippen molar-refractivity contribution in [1.82, 2.24) is 5.32 Å². The zero-order valence-electron chi connectivity index (χ0n) is 10.5. The molecule has 0 aromatic heterocycles. The van der Waals surface area contributed by atoms with Crippen LogP contribution in [0.2, 0.25) is 0 Å². The Morgan fingerprint density at radius 2 is 2.24 bits per heavy atom. The maximum absolute atomic E-state index is 13.2. The summed E-state index contributed by atoms with van der Waals surface area (Å²) in [4.78, 5) is 0. The minimum atomic E-state index is -0.295. The van der Waals surface area contributed by atoms with Crippen molar-refractivity contribution in [3.8, 4) is 17.6 Å². The summed E-state index contributed by atoms with van der Waals surface area (Å²) in [6, 6.07) is 4.73. The fourth-order valence-electron chi connectivity index (χ4n) is 1.59. The molecular formula is C14H18FNO. The molecule has 0 saturated heterocycles. The van der Waals surface area contributed by atoms with Crippen LogP contribution in [0.1, 0.15) is 32.4 Å². The highest BCUT2D eigenvalue weighted by Crippen LogP contribution is 2.25. The summed E-state index contributed by atoms with van der Waals surface area (Å²) in [5.41, 5.74) is 0.950. The average Bonchev–Trinajstić information content (AvgIpc) is 2.30. The van der Waals surface area contributed by atoms with Crippen molar-refractivity contribution in [3.63, 3.8) is 0 Å². The van der Waals surface area contributed by atoms with Crippen molar-refractivity contribution in [2.45, 2.75) is 26.8 Å². The predicted molar refractivity (Wildman–Crippen MR) is 67.4 cm³/mol. The number of nitrogens with one attached hydrogen (secondary N) is 1. The third-order valence-corrected chi connectivity index (χ3v) is 2.43. The molecule has 92 valence electrons. The second-order valence-electron chi connectivity index (χ2n) is 3.68. The van der Waals surface area contributed by atoms with Crippen molar-refractivity contribution in [2.75, 3.05) is 13.2 Å². The van der Waals surface area contributed by atoms with E-state index < -0.39 is 0 Å². The normalized spacial score (nSPS) is 11.5. The van der Waals surface area contributed by atoms with Gasteiger partial charge in [0.15, 0.2) is 0 Å². The minimum absolute atomic E-state index is 0.130. The summed E-state index contributed by atoms with van der Waals surface area (Å²) in [7, 11) is 0. The van der Waals surface area contributed by atoms with Crippen LogP contribution in [0.25, 0.3) is 0 Å². The number of halogens is 1. The molecule has 1 N–H and O–H groups in total. The monoisotopic (exact) mass is 235 g/mol. The van der Waals surface area contributed by atoms with Gasteiger partial charge in [0.25, 0.3) is 0 Å². The van der Waals surface area contributed by atoms with Gasteiger partial charge >= 0.3 is 0 Å². The predicted octanol–water partition coefficient (Wildman–Crippen LogP) is 2.90. The lowest BCUT2D eigenvalue weighted by Crippen LogP contribution is -2.18. The molecule has 17 heavy (non-hydrogen) atoms. The Morgan fingerprint density at radius 1 is 1.47 bits per heavy atom. The molecule has 0 radical (unpaired) electrons. The first-order chi connectivity index (χ1) is 8.19. The molecule has 1 aromatic rings. The van der Waals surface area contributed by atoms with Crippen molar-refractivity contribution in [2.24, 2.45) is 0 Å². The highest BCUT2D eigenvalue weighted by atomic mass is 19.1. The van der Waals surface area contributed by atoms with E-state index in [1.807, 2.05) is 13.8 Å². The van der Waals surface area contributed by atoms with E-state index in [-0.39, 0.29) is 18.5 Å². The number of ether oxygens (including phenoxy) is 1. The smallest absolute Gasteiger partial charge is 0.149 e. The van der Waals surface area contributed by atoms with E-state index in [0.29, 0.717) is 5.75 Å². The molecule has 0 heterocycles. The van der Waals surface area contributed by atoms with Crippen LogP contribution in [-0.2, 0) is 0 Å². The molecule has 0 aliphatic carbocycles. The Labute approximate surface area is 102 Å². The Hall–Kier alpha value is -1.53. The molecule has 2 nitrogen and oxygen atoms in total. The molecule has 0 bridgehead atoms. The summed E-state index contributed by atoms with van der Waals surface area (Å²) >= 11 is 0. The highest BCUT2D eigenvalue weighted by Gasteiger charge is 2.11. The van der Waals surface area contributed by atoms with E-state index >= 15 is 0 Å². The molecule has 1 rings (SSSR count). The van der Waals surface area contributed by atoms with E-state index in [1.165, 1.54) is 12.1 Å². The molecule has 0 saturated carbocycles. The zero-order valence-corrected chi connectivity index (χ0v) is 10.5. The van der Waals surface area contributed by atoms with Crippen LogP contribution in [0.5, 0.6) is 5.75 Å². The van der Waals surface area contributed by atoms with Crippen LogP contribution in [0, 0.1) is 17.7 Å². The second-order valence-corrected chi connectivity index (χ2v) is 3.68. The van der Waals surface area contributed by atoms with Crippen molar-refractivity contribution in [3.05, 3.63) is 29.6 Å². The number of hydrogen-bond donors (Lipinski definition) is 1. The summed E-state index contributed by atoms with van der Waals surface area (Å²) in [5, 5.41) is 3.27. The van der Waals surface area contributed by atoms with Gasteiger partial charge in [-0.3, -0.25) is 0 Å². The Balaban J connectivity index is 2.89. The molecule has 1 unspecified atom stereocenters. The molecule has 0 spiro atoms. The van der Waals surface area contributed by atoms with Gasteiger partial charge in [0.05, 0.1) is 0 Å². The Morgan fingerprint density at radius 3 is 2.88 bits per heavy atom. The van der Waals surface area contributed by atoms with Gasteiger partial charge < -0.3 is 10.1 Å². The number of hydrogen-bond acceptors (Lipinski definition) is 2. The van der Waals surface area contributed by atoms with Gasteiger partial charge in [-0.25, -0.2) is 4.39 Å². The van der Waals surface area contributed by atoms with Crippen molar-refractivity contribution in [1.29, 1.82) is 0 Å². The first kappa shape index (κ1) is 13.5. The minimum Gasteiger partial charge on any atom is -0.480 e. The number of benzene rings is 1. The average molecular weight is 235 g/mol. The lowest BCUT2D eigenvalue weighted by atomic mass is 10.1. The van der Waals surface area contributed by atoms with Gasteiger partial charge in [0, 0.05) is 17.7 Å². The molecule has 1 atom stereocenters. The number of rotatable bonds is 5. The summed E-state index contributed by atoms with van der Waals surface area (Å²) in [5.74, 6) is 5.80. The van der Waals surface area contributed by atoms with Crippen LogP contribution in [-0.4, -0.2) is 13.2 Å². The lowest BCUT2D eigenvalue weighted by Gasteiger charge is -2.16. The van der Waals surface area contributed by atoms with Crippen LogP contribution < -0.4 is 10.1 Å². The van der Waals surface area contributed by atoms with Crippen LogP contribution in [0.15, 0.2) is 18.2 Å². The maximum Gasteiger partial charge on any atom is 0.149 e. The SMILES string of the molecule is CC#CCOc1cc(F)ccc1C(C)NCC. The standard InChI is InChI=1S/C14H18FNO/c1-4-6-9-17-14-10-12(15)7-8-13(14)11(3)16-5-2/h7-8,10-11,16H,5,9H2,1-3H3. The molecule has 0 aliphatic heterocycles. The molecular weight excluding hydrogens is 217 g/mol. The quantitative estimate of drug-likeness (QED) is 0.792. The van der Waals surface area contributed by atoms with E-state index in [0.717, 1.165) is 12.1 Å². The summed E-state index contributed by atoms with van der Waals surface area (Å²) in [6.45, 7) is 6.94. The largest absolute Gasteiger partial charge is 0.480 e. The van der Waals surface area contributed by atoms with Gasteiger partial charge in [0.2, 0.25) is 0 Å². The van der Waals surface area contributed by atoms with Gasteiger partial charge in [-0.15, -0.1) is 5.92 Å². The van der Waals surface area contributed by atoms with Gasteiger partial charge in [0.1, 0.15) is 18.2 Å². The molecule has 0 aliphatic rings. The van der Waals surface area contributed by atoms with E-state index in [2.05, 4.69) is 17.2 Å². The van der Waals surface area contributed by atoms with Gasteiger partial charge in [-0.1, -0.05) is 18.9 Å². The van der Waals surface area contributed by atoms with Crippen LogP contribution in [0.4, 0.5) is 4.39 Å². The highest BCUT2D eigenvalue weighted by molar-refractivity contribution is 5.36. The molecule has 3 heteroatoms. The molecule has 0 fully saturated rings. The van der Waals surface area contributed by atoms with Crippen LogP contribution in [0.3, 0.4) is 0 Å². The van der Waals surface area contributed by atoms with Gasteiger partial charge in [-0.2, -0.15) is 0 Å². The first-order valence-electron chi connectivity index (χ1n) is 5.74. The third kappa shape index (κ3) is 4.08. The first-order valence-corrected chi connectivity index (χ1v) is 5.74. The Kier molecular flexibility index (Phi) is 5.51. The zero-order chi connectivity index (χ0) is 12.7. The fraction of sp³-hybridized carbons (Fsp3) is 0.429. The van der Waals surface area contributed by atoms with Crippen molar-refractivity contribution < 1.29 is 9.13 Å². The molecule has 0 amide bonds. The van der Waals surface area contributed by atoms with Crippen LogP contribution >= 0.6 is 0 Å². The second kappa shape index (κ2) is 6.93. The summed E-state index contributed by atoms with van der Waals surface area (Å²) < 4.78 is 18.6. The van der Waals surface area contributed by atoms with E-state index in [1.54, 1.807) is 13.0 Å². The molecule has 1 aromatic carbocycles. The maximum atomic E-state index is 13.2. The third-order valence-electron chi connectivity index (χ3n) is 2.43.